The molecule has 19 heavy (non-hydrogen) atoms. The van der Waals surface area contributed by atoms with Crippen LogP contribution in [0.25, 0.3) is 0 Å². The van der Waals surface area contributed by atoms with Crippen LogP contribution in [0.2, 0.25) is 0 Å². The summed E-state index contributed by atoms with van der Waals surface area (Å²) in [6.45, 7) is 1.13. The van der Waals surface area contributed by atoms with Gasteiger partial charge in [-0.05, 0) is 6.92 Å². The van der Waals surface area contributed by atoms with E-state index in [0.29, 0.717) is 0 Å². The number of nitrogens with zero attached hydrogens (tertiary/aromatic N) is 2. The van der Waals surface area contributed by atoms with Crippen molar-refractivity contribution >= 4 is 11.7 Å². The number of esters is 1. The first-order valence-electron chi connectivity index (χ1n) is 4.66. The molecule has 104 valence electrons. The van der Waals surface area contributed by atoms with Gasteiger partial charge in [-0.1, -0.05) is 0 Å². The number of rotatable bonds is 3. The number of carbonyl (C=O) groups excluding carboxylic acids is 1. The van der Waals surface area contributed by atoms with Gasteiger partial charge in [0.1, 0.15) is 0 Å². The molecule has 0 fully saturated rings. The standard InChI is InChI=1S/C9H7F3N2O5/c1-4-3-5(14(16)17)6(8(15)18-2)13-7(4)19-9(10,11)12/h3H,1-2H3. The predicted octanol–water partition coefficient (Wildman–Crippen LogP) is 1.98. The molecule has 1 rings (SSSR count). The maximum atomic E-state index is 12.1. The van der Waals surface area contributed by atoms with Crippen LogP contribution in [-0.4, -0.2) is 29.3 Å². The maximum Gasteiger partial charge on any atom is 0.574 e. The van der Waals surface area contributed by atoms with Crippen molar-refractivity contribution in [1.82, 2.24) is 4.98 Å². The van der Waals surface area contributed by atoms with Crippen molar-refractivity contribution in [3.63, 3.8) is 0 Å². The lowest BCUT2D eigenvalue weighted by molar-refractivity contribution is -0.385. The average molecular weight is 280 g/mol. The second kappa shape index (κ2) is 5.08. The molecule has 0 amide bonds. The molecule has 0 aliphatic carbocycles. The first-order chi connectivity index (χ1) is 8.65. The molecule has 0 atom stereocenters. The Morgan fingerprint density at radius 2 is 2.05 bits per heavy atom. The molecule has 0 aliphatic heterocycles. The highest BCUT2D eigenvalue weighted by Gasteiger charge is 2.34. The minimum Gasteiger partial charge on any atom is -0.464 e. The summed E-state index contributed by atoms with van der Waals surface area (Å²) < 4.78 is 44.0. The molecule has 0 spiro atoms. The monoisotopic (exact) mass is 280 g/mol. The Balaban J connectivity index is 3.38. The van der Waals surface area contributed by atoms with Crippen LogP contribution in [0.15, 0.2) is 6.07 Å². The van der Waals surface area contributed by atoms with Gasteiger partial charge in [-0.2, -0.15) is 4.98 Å². The van der Waals surface area contributed by atoms with Crippen LogP contribution in [0.5, 0.6) is 5.88 Å². The third kappa shape index (κ3) is 3.53. The summed E-state index contributed by atoms with van der Waals surface area (Å²) in [4.78, 5) is 24.2. The highest BCUT2D eigenvalue weighted by molar-refractivity contribution is 5.91. The van der Waals surface area contributed by atoms with Gasteiger partial charge < -0.3 is 9.47 Å². The van der Waals surface area contributed by atoms with Gasteiger partial charge in [0, 0.05) is 11.6 Å². The van der Waals surface area contributed by atoms with Crippen molar-refractivity contribution in [2.45, 2.75) is 13.3 Å². The Hall–Kier alpha value is -2.39. The van der Waals surface area contributed by atoms with Gasteiger partial charge >= 0.3 is 18.0 Å². The fourth-order valence-corrected chi connectivity index (χ4v) is 1.18. The van der Waals surface area contributed by atoms with E-state index in [0.717, 1.165) is 20.1 Å². The molecule has 0 radical (unpaired) electrons. The number of hydrogen-bond acceptors (Lipinski definition) is 6. The topological polar surface area (TPSA) is 91.6 Å². The second-order valence-electron chi connectivity index (χ2n) is 3.27. The minimum absolute atomic E-state index is 0.239. The molecule has 0 saturated carbocycles. The van der Waals surface area contributed by atoms with Crippen LogP contribution in [0, 0.1) is 17.0 Å². The number of halogens is 3. The fraction of sp³-hybridized carbons (Fsp3) is 0.333. The Bertz CT molecular complexity index is 529. The van der Waals surface area contributed by atoms with Crippen molar-refractivity contribution < 1.29 is 32.4 Å². The highest BCUT2D eigenvalue weighted by atomic mass is 19.4. The SMILES string of the molecule is COC(=O)c1nc(OC(F)(F)F)c(C)cc1[N+](=O)[O-]. The van der Waals surface area contributed by atoms with E-state index in [4.69, 9.17) is 0 Å². The van der Waals surface area contributed by atoms with E-state index < -0.39 is 34.5 Å². The van der Waals surface area contributed by atoms with Gasteiger partial charge in [-0.15, -0.1) is 13.2 Å². The molecule has 0 N–H and O–H groups in total. The Morgan fingerprint density at radius 3 is 2.47 bits per heavy atom. The number of carbonyl (C=O) groups is 1. The third-order valence-electron chi connectivity index (χ3n) is 1.93. The summed E-state index contributed by atoms with van der Waals surface area (Å²) >= 11 is 0. The van der Waals surface area contributed by atoms with E-state index in [1.165, 1.54) is 0 Å². The van der Waals surface area contributed by atoms with E-state index in [1.54, 1.807) is 0 Å². The van der Waals surface area contributed by atoms with E-state index in [1.807, 2.05) is 0 Å². The summed E-state index contributed by atoms with van der Waals surface area (Å²) in [5.74, 6) is -2.18. The number of aromatic nitrogens is 1. The largest absolute Gasteiger partial charge is 0.574 e. The van der Waals surface area contributed by atoms with E-state index >= 15 is 0 Å². The van der Waals surface area contributed by atoms with Crippen LogP contribution >= 0.6 is 0 Å². The number of alkyl halides is 3. The lowest BCUT2D eigenvalue weighted by Gasteiger charge is -2.11. The molecule has 0 aliphatic rings. The molecule has 10 heteroatoms. The van der Waals surface area contributed by atoms with Gasteiger partial charge in [0.25, 0.3) is 0 Å². The summed E-state index contributed by atoms with van der Waals surface area (Å²) in [7, 11) is 0.915. The first-order valence-corrected chi connectivity index (χ1v) is 4.66. The van der Waals surface area contributed by atoms with E-state index in [-0.39, 0.29) is 5.56 Å². The Morgan fingerprint density at radius 1 is 1.47 bits per heavy atom. The lowest BCUT2D eigenvalue weighted by Crippen LogP contribution is -2.20. The zero-order valence-corrected chi connectivity index (χ0v) is 9.65. The number of ether oxygens (including phenoxy) is 2. The average Bonchev–Trinajstić information content (AvgIpc) is 2.28. The van der Waals surface area contributed by atoms with Crippen LogP contribution in [0.3, 0.4) is 0 Å². The van der Waals surface area contributed by atoms with Crippen LogP contribution < -0.4 is 4.74 Å². The van der Waals surface area contributed by atoms with Crippen molar-refractivity contribution in [2.75, 3.05) is 7.11 Å². The van der Waals surface area contributed by atoms with Crippen molar-refractivity contribution in [3.8, 4) is 5.88 Å². The summed E-state index contributed by atoms with van der Waals surface area (Å²) in [5, 5.41) is 10.7. The van der Waals surface area contributed by atoms with Crippen molar-refractivity contribution in [3.05, 3.63) is 27.4 Å². The number of hydrogen-bond donors (Lipinski definition) is 0. The highest BCUT2D eigenvalue weighted by Crippen LogP contribution is 2.29. The van der Waals surface area contributed by atoms with Crippen LogP contribution in [0.1, 0.15) is 16.1 Å². The molecule has 7 nitrogen and oxygen atoms in total. The third-order valence-corrected chi connectivity index (χ3v) is 1.93. The number of nitro groups is 1. The second-order valence-corrected chi connectivity index (χ2v) is 3.27. The van der Waals surface area contributed by atoms with Gasteiger partial charge in [-0.3, -0.25) is 10.1 Å². The Labute approximate surface area is 104 Å². The van der Waals surface area contributed by atoms with Gasteiger partial charge in [0.05, 0.1) is 12.0 Å². The Kier molecular flexibility index (Phi) is 3.92. The molecular formula is C9H7F3N2O5. The van der Waals surface area contributed by atoms with Crippen LogP contribution in [0.4, 0.5) is 18.9 Å². The summed E-state index contributed by atoms with van der Waals surface area (Å²) in [6.07, 6.45) is -5.03. The molecule has 0 unspecified atom stereocenters. The van der Waals surface area contributed by atoms with Gasteiger partial charge in [0.15, 0.2) is 0 Å². The van der Waals surface area contributed by atoms with Gasteiger partial charge in [0.2, 0.25) is 11.6 Å². The minimum atomic E-state index is -5.03. The molecular weight excluding hydrogens is 273 g/mol. The normalized spacial score (nSPS) is 11.0. The smallest absolute Gasteiger partial charge is 0.464 e. The number of methoxy groups -OCH3 is 1. The summed E-state index contributed by atoms with van der Waals surface area (Å²) in [6, 6.07) is 0.750. The molecule has 0 saturated heterocycles. The lowest BCUT2D eigenvalue weighted by atomic mass is 10.2. The van der Waals surface area contributed by atoms with Crippen molar-refractivity contribution in [2.24, 2.45) is 0 Å². The predicted molar refractivity (Wildman–Crippen MR) is 53.7 cm³/mol. The van der Waals surface area contributed by atoms with Crippen LogP contribution in [-0.2, 0) is 4.74 Å². The van der Waals surface area contributed by atoms with E-state index in [9.17, 15) is 28.1 Å². The molecule has 0 aromatic carbocycles. The molecule has 1 aromatic rings. The molecule has 1 aromatic heterocycles. The number of aryl methyl sites for hydroxylation is 1. The first kappa shape index (κ1) is 14.7. The quantitative estimate of drug-likeness (QED) is 0.477. The fourth-order valence-electron chi connectivity index (χ4n) is 1.18. The summed E-state index contributed by atoms with van der Waals surface area (Å²) in [5.41, 5.74) is -1.87. The number of pyridine rings is 1. The van der Waals surface area contributed by atoms with Crippen molar-refractivity contribution in [1.29, 1.82) is 0 Å². The maximum absolute atomic E-state index is 12.1. The zero-order chi connectivity index (χ0) is 14.8. The van der Waals surface area contributed by atoms with E-state index in [2.05, 4.69) is 14.5 Å². The molecule has 1 heterocycles. The molecule has 0 bridgehead atoms. The zero-order valence-electron chi connectivity index (χ0n) is 9.65. The van der Waals surface area contributed by atoms with Gasteiger partial charge in [-0.25, -0.2) is 4.79 Å².